The highest BCUT2D eigenvalue weighted by molar-refractivity contribution is 5.88. The van der Waals surface area contributed by atoms with Gasteiger partial charge in [-0.3, -0.25) is 4.79 Å². The van der Waals surface area contributed by atoms with E-state index in [1.54, 1.807) is 0 Å². The first-order chi connectivity index (χ1) is 9.02. The minimum absolute atomic E-state index is 0.250. The van der Waals surface area contributed by atoms with E-state index in [2.05, 4.69) is 12.2 Å². The first-order valence-electron chi connectivity index (χ1n) is 7.17. The lowest BCUT2D eigenvalue weighted by Gasteiger charge is -2.38. The van der Waals surface area contributed by atoms with Gasteiger partial charge in [-0.2, -0.15) is 0 Å². The number of primary amides is 1. The number of benzene rings is 1. The average molecular weight is 260 g/mol. The molecule has 0 spiro atoms. The molecule has 1 unspecified atom stereocenters. The van der Waals surface area contributed by atoms with Crippen molar-refractivity contribution in [3.05, 3.63) is 29.8 Å². The van der Waals surface area contributed by atoms with Crippen molar-refractivity contribution in [2.45, 2.75) is 51.5 Å². The maximum atomic E-state index is 12.0. The van der Waals surface area contributed by atoms with Crippen LogP contribution in [-0.2, 0) is 4.79 Å². The normalized spacial score (nSPS) is 19.7. The summed E-state index contributed by atoms with van der Waals surface area (Å²) in [5, 5.41) is 3.38. The van der Waals surface area contributed by atoms with Crippen LogP contribution in [0, 0.1) is 12.8 Å². The zero-order valence-corrected chi connectivity index (χ0v) is 11.9. The van der Waals surface area contributed by atoms with Gasteiger partial charge in [-0.15, -0.1) is 0 Å². The van der Waals surface area contributed by atoms with Crippen molar-refractivity contribution in [2.75, 3.05) is 5.32 Å². The molecule has 19 heavy (non-hydrogen) atoms. The molecule has 0 heterocycles. The van der Waals surface area contributed by atoms with Gasteiger partial charge in [0.25, 0.3) is 0 Å². The van der Waals surface area contributed by atoms with Crippen LogP contribution in [-0.4, -0.2) is 11.4 Å². The molecule has 0 saturated heterocycles. The summed E-state index contributed by atoms with van der Waals surface area (Å²) >= 11 is 0. The quantitative estimate of drug-likeness (QED) is 0.873. The van der Waals surface area contributed by atoms with E-state index in [-0.39, 0.29) is 5.91 Å². The Labute approximate surface area is 115 Å². The van der Waals surface area contributed by atoms with Gasteiger partial charge in [0.15, 0.2) is 0 Å². The zero-order chi connectivity index (χ0) is 13.9. The predicted molar refractivity (Wildman–Crippen MR) is 79.0 cm³/mol. The second-order valence-electron chi connectivity index (χ2n) is 5.89. The highest BCUT2D eigenvalue weighted by Gasteiger charge is 2.40. The molecule has 104 valence electrons. The van der Waals surface area contributed by atoms with Gasteiger partial charge < -0.3 is 11.1 Å². The summed E-state index contributed by atoms with van der Waals surface area (Å²) in [6, 6.07) is 8.12. The van der Waals surface area contributed by atoms with E-state index in [0.717, 1.165) is 18.5 Å². The largest absolute Gasteiger partial charge is 0.371 e. The number of hydrogen-bond acceptors (Lipinski definition) is 2. The maximum Gasteiger partial charge on any atom is 0.243 e. The predicted octanol–water partition coefficient (Wildman–Crippen LogP) is 3.23. The van der Waals surface area contributed by atoms with Crippen molar-refractivity contribution in [3.63, 3.8) is 0 Å². The summed E-state index contributed by atoms with van der Waals surface area (Å²) in [5.74, 6) is 0.0834. The molecule has 1 aromatic carbocycles. The molecule has 2 rings (SSSR count). The molecule has 3 N–H and O–H groups in total. The first-order valence-corrected chi connectivity index (χ1v) is 7.17. The molecule has 1 fully saturated rings. The number of hydrogen-bond donors (Lipinski definition) is 2. The van der Waals surface area contributed by atoms with Crippen molar-refractivity contribution < 1.29 is 4.79 Å². The Kier molecular flexibility index (Phi) is 4.13. The number of amides is 1. The van der Waals surface area contributed by atoms with Crippen LogP contribution < -0.4 is 11.1 Å². The number of aryl methyl sites for hydroxylation is 1. The van der Waals surface area contributed by atoms with Crippen molar-refractivity contribution in [1.29, 1.82) is 0 Å². The Hall–Kier alpha value is -1.51. The first kappa shape index (κ1) is 13.9. The van der Waals surface area contributed by atoms with Crippen molar-refractivity contribution in [3.8, 4) is 0 Å². The van der Waals surface area contributed by atoms with Crippen LogP contribution in [0.2, 0.25) is 0 Å². The third kappa shape index (κ3) is 3.09. The number of carbonyl (C=O) groups excluding carboxylic acids is 1. The van der Waals surface area contributed by atoms with E-state index in [1.165, 1.54) is 24.8 Å². The van der Waals surface area contributed by atoms with Gasteiger partial charge in [0.1, 0.15) is 5.54 Å². The third-order valence-electron chi connectivity index (χ3n) is 4.39. The number of rotatable bonds is 4. The van der Waals surface area contributed by atoms with Gasteiger partial charge in [0, 0.05) is 5.69 Å². The fourth-order valence-electron chi connectivity index (χ4n) is 2.98. The van der Waals surface area contributed by atoms with Crippen LogP contribution in [0.1, 0.15) is 44.6 Å². The van der Waals surface area contributed by atoms with Crippen LogP contribution in [0.25, 0.3) is 0 Å². The molecule has 3 nitrogen and oxygen atoms in total. The maximum absolute atomic E-state index is 12.0. The van der Waals surface area contributed by atoms with Crippen LogP contribution in [0.3, 0.4) is 0 Å². The second-order valence-corrected chi connectivity index (χ2v) is 5.89. The molecular weight excluding hydrogens is 236 g/mol. The topological polar surface area (TPSA) is 55.1 Å². The summed E-state index contributed by atoms with van der Waals surface area (Å²) in [6.07, 6.45) is 5.83. The summed E-state index contributed by atoms with van der Waals surface area (Å²) in [5.41, 5.74) is 7.22. The number of nitrogens with one attached hydrogen (secondary N) is 1. The number of anilines is 1. The second kappa shape index (κ2) is 5.64. The third-order valence-corrected chi connectivity index (χ3v) is 4.39. The zero-order valence-electron chi connectivity index (χ0n) is 11.9. The van der Waals surface area contributed by atoms with Gasteiger partial charge in [0.2, 0.25) is 5.91 Å². The summed E-state index contributed by atoms with van der Waals surface area (Å²) in [4.78, 5) is 12.0. The van der Waals surface area contributed by atoms with Gasteiger partial charge in [0.05, 0.1) is 0 Å². The van der Waals surface area contributed by atoms with Crippen LogP contribution in [0.5, 0.6) is 0 Å². The molecule has 1 atom stereocenters. The molecule has 0 aromatic heterocycles. The Bertz CT molecular complexity index is 435. The van der Waals surface area contributed by atoms with E-state index in [9.17, 15) is 4.79 Å². The lowest BCUT2D eigenvalue weighted by atomic mass is 9.75. The van der Waals surface area contributed by atoms with E-state index in [4.69, 9.17) is 5.73 Å². The van der Waals surface area contributed by atoms with E-state index in [0.29, 0.717) is 5.92 Å². The standard InChI is InChI=1S/C16H24N2O/c1-12-8-10-14(11-9-12)18-16(2,15(17)19)13-6-4-3-5-7-13/h8-11,13,18H,3-7H2,1-2H3,(H2,17,19). The average Bonchev–Trinajstić information content (AvgIpc) is 2.42. The van der Waals surface area contributed by atoms with Crippen LogP contribution in [0.15, 0.2) is 24.3 Å². The van der Waals surface area contributed by atoms with Gasteiger partial charge >= 0.3 is 0 Å². The molecular formula is C16H24N2O. The van der Waals surface area contributed by atoms with Crippen LogP contribution >= 0.6 is 0 Å². The minimum atomic E-state index is -0.643. The van der Waals surface area contributed by atoms with E-state index in [1.807, 2.05) is 31.2 Å². The molecule has 0 radical (unpaired) electrons. The monoisotopic (exact) mass is 260 g/mol. The summed E-state index contributed by atoms with van der Waals surface area (Å²) in [7, 11) is 0. The summed E-state index contributed by atoms with van der Waals surface area (Å²) < 4.78 is 0. The molecule has 0 aliphatic heterocycles. The molecule has 1 amide bonds. The molecule has 1 aliphatic carbocycles. The molecule has 0 bridgehead atoms. The van der Waals surface area contributed by atoms with Gasteiger partial charge in [-0.25, -0.2) is 0 Å². The fourth-order valence-corrected chi connectivity index (χ4v) is 2.98. The fraction of sp³-hybridized carbons (Fsp3) is 0.562. The molecule has 3 heteroatoms. The molecule has 1 aliphatic rings. The number of carbonyl (C=O) groups is 1. The Morgan fingerprint density at radius 3 is 2.32 bits per heavy atom. The minimum Gasteiger partial charge on any atom is -0.371 e. The van der Waals surface area contributed by atoms with Crippen molar-refractivity contribution in [2.24, 2.45) is 11.7 Å². The van der Waals surface area contributed by atoms with Crippen LogP contribution in [0.4, 0.5) is 5.69 Å². The highest BCUT2D eigenvalue weighted by atomic mass is 16.1. The van der Waals surface area contributed by atoms with E-state index >= 15 is 0 Å². The van der Waals surface area contributed by atoms with Gasteiger partial charge in [-0.05, 0) is 44.7 Å². The number of nitrogens with two attached hydrogens (primary N) is 1. The summed E-state index contributed by atoms with van der Waals surface area (Å²) in [6.45, 7) is 4.00. The molecule has 1 aromatic rings. The highest BCUT2D eigenvalue weighted by Crippen LogP contribution is 2.34. The Morgan fingerprint density at radius 1 is 1.21 bits per heavy atom. The van der Waals surface area contributed by atoms with Crippen molar-refractivity contribution in [1.82, 2.24) is 0 Å². The SMILES string of the molecule is Cc1ccc(NC(C)(C(N)=O)C2CCCCC2)cc1. The van der Waals surface area contributed by atoms with Gasteiger partial charge in [-0.1, -0.05) is 37.0 Å². The van der Waals surface area contributed by atoms with Crippen molar-refractivity contribution >= 4 is 11.6 Å². The lowest BCUT2D eigenvalue weighted by Crippen LogP contribution is -2.54. The Balaban J connectivity index is 2.18. The lowest BCUT2D eigenvalue weighted by molar-refractivity contribution is -0.123. The Morgan fingerprint density at radius 2 is 1.79 bits per heavy atom. The van der Waals surface area contributed by atoms with E-state index < -0.39 is 5.54 Å². The smallest absolute Gasteiger partial charge is 0.243 e. The molecule has 1 saturated carbocycles.